The molecule has 314 valence electrons. The highest BCUT2D eigenvalue weighted by Crippen LogP contribution is 2.25. The van der Waals surface area contributed by atoms with Crippen LogP contribution in [-0.2, 0) is 41.6 Å². The lowest BCUT2D eigenvalue weighted by Gasteiger charge is -2.20. The Bertz CT molecular complexity index is 2090. The number of hydrogen-bond donors (Lipinski definition) is 3. The van der Waals surface area contributed by atoms with E-state index in [9.17, 15) is 72.7 Å². The summed E-state index contributed by atoms with van der Waals surface area (Å²) in [4.78, 5) is 70.0. The van der Waals surface area contributed by atoms with Gasteiger partial charge in [-0.2, -0.15) is 0 Å². The van der Waals surface area contributed by atoms with Gasteiger partial charge in [-0.1, -0.05) is 60.7 Å². The lowest BCUT2D eigenvalue weighted by Crippen LogP contribution is -2.51. The molecule has 4 aromatic carbocycles. The molecule has 0 spiro atoms. The van der Waals surface area contributed by atoms with Crippen molar-refractivity contribution in [1.82, 2.24) is 10.6 Å². The molecule has 0 aliphatic rings. The third kappa shape index (κ3) is 12.2. The molecule has 22 heteroatoms. The zero-order valence-electron chi connectivity index (χ0n) is 29.7. The highest BCUT2D eigenvalue weighted by Gasteiger charge is 2.33. The van der Waals surface area contributed by atoms with Gasteiger partial charge in [0, 0.05) is 6.42 Å². The molecule has 3 N–H and O–H groups in total. The Morgan fingerprint density at radius 2 is 0.915 bits per heavy atom. The van der Waals surface area contributed by atoms with Crippen molar-refractivity contribution >= 4 is 35.7 Å². The smallest absolute Gasteiger partial charge is 0.408 e. The standard InChI is InChI=1S/C20H22N2O5.C17H4F10O5/c1-14(19(24)25)21-18(23)17(12-15-8-4-2-5-9-15)22-20(26)27-13-16-10-6-3-7-11-16;18-6-4(7(19)11(23)14(26)10(6)22)16(29)31-1-3(28)2-32-17(30)5-8(20)12(24)15(27)13(25)9(5)21/h2-11,14,17H,12-13H2,1H3,(H,21,23)(H,22,26)(H,24,25);1-2H2/t14-,17-;/m0./s1. The van der Waals surface area contributed by atoms with Gasteiger partial charge in [0.05, 0.1) is 0 Å². The monoisotopic (exact) mass is 848 g/mol. The normalized spacial score (nSPS) is 11.6. The summed E-state index contributed by atoms with van der Waals surface area (Å²) in [6.45, 7) is -1.60. The van der Waals surface area contributed by atoms with E-state index in [-0.39, 0.29) is 13.0 Å². The van der Waals surface area contributed by atoms with E-state index in [0.717, 1.165) is 11.1 Å². The minimum Gasteiger partial charge on any atom is -0.480 e. The van der Waals surface area contributed by atoms with Gasteiger partial charge in [0.25, 0.3) is 0 Å². The largest absolute Gasteiger partial charge is 0.480 e. The Morgan fingerprint density at radius 3 is 1.31 bits per heavy atom. The van der Waals surface area contributed by atoms with Gasteiger partial charge in [-0.3, -0.25) is 14.4 Å². The first-order valence-corrected chi connectivity index (χ1v) is 16.2. The second-order valence-corrected chi connectivity index (χ2v) is 11.6. The van der Waals surface area contributed by atoms with Crippen LogP contribution in [0.5, 0.6) is 0 Å². The summed E-state index contributed by atoms with van der Waals surface area (Å²) in [6.07, 6.45) is -0.544. The second kappa shape index (κ2) is 21.0. The van der Waals surface area contributed by atoms with E-state index < -0.39 is 130 Å². The number of esters is 2. The molecule has 0 radical (unpaired) electrons. The van der Waals surface area contributed by atoms with Gasteiger partial charge in [0.2, 0.25) is 23.3 Å². The van der Waals surface area contributed by atoms with Crippen LogP contribution in [0.4, 0.5) is 48.7 Å². The predicted octanol–water partition coefficient (Wildman–Crippen LogP) is 5.77. The van der Waals surface area contributed by atoms with Crippen LogP contribution >= 0.6 is 0 Å². The number of amides is 2. The molecule has 0 aliphatic heterocycles. The number of halogens is 10. The second-order valence-electron chi connectivity index (χ2n) is 11.6. The molecule has 0 fully saturated rings. The van der Waals surface area contributed by atoms with Gasteiger partial charge in [0.15, 0.2) is 59.8 Å². The zero-order valence-corrected chi connectivity index (χ0v) is 29.7. The van der Waals surface area contributed by atoms with Crippen LogP contribution < -0.4 is 10.6 Å². The summed E-state index contributed by atoms with van der Waals surface area (Å²) in [6, 6.07) is 16.2. The summed E-state index contributed by atoms with van der Waals surface area (Å²) < 4.78 is 145. The van der Waals surface area contributed by atoms with Gasteiger partial charge < -0.3 is 30.0 Å². The number of ether oxygens (including phenoxy) is 3. The van der Waals surface area contributed by atoms with E-state index in [1.807, 2.05) is 60.7 Å². The summed E-state index contributed by atoms with van der Waals surface area (Å²) >= 11 is 0. The van der Waals surface area contributed by atoms with E-state index in [4.69, 9.17) is 9.84 Å². The summed E-state index contributed by atoms with van der Waals surface area (Å²) in [5, 5.41) is 13.9. The quantitative estimate of drug-likeness (QED) is 0.0465. The third-order valence-electron chi connectivity index (χ3n) is 7.39. The number of nitrogens with one attached hydrogen (secondary N) is 2. The summed E-state index contributed by atoms with van der Waals surface area (Å²) in [5.74, 6) is -33.0. The fraction of sp³-hybridized carbons (Fsp3) is 0.189. The van der Waals surface area contributed by atoms with Crippen molar-refractivity contribution in [2.24, 2.45) is 0 Å². The molecule has 0 saturated carbocycles. The molecule has 0 aliphatic carbocycles. The van der Waals surface area contributed by atoms with Crippen molar-refractivity contribution in [3.63, 3.8) is 0 Å². The van der Waals surface area contributed by atoms with Gasteiger partial charge in [0.1, 0.15) is 29.8 Å². The maximum atomic E-state index is 13.5. The first-order valence-electron chi connectivity index (χ1n) is 16.2. The Balaban J connectivity index is 0.000000320. The minimum absolute atomic E-state index is 0.0673. The van der Waals surface area contributed by atoms with E-state index in [1.165, 1.54) is 6.92 Å². The van der Waals surface area contributed by atoms with Crippen molar-refractivity contribution in [3.05, 3.63) is 141 Å². The molecule has 59 heavy (non-hydrogen) atoms. The Morgan fingerprint density at radius 1 is 0.542 bits per heavy atom. The van der Waals surface area contributed by atoms with E-state index in [1.54, 1.807) is 0 Å². The number of Topliss-reactive ketones (excluding diaryl/α,β-unsaturated/α-hetero) is 1. The van der Waals surface area contributed by atoms with Crippen LogP contribution in [0.25, 0.3) is 0 Å². The molecule has 0 bridgehead atoms. The van der Waals surface area contributed by atoms with Crippen molar-refractivity contribution in [2.45, 2.75) is 32.0 Å². The van der Waals surface area contributed by atoms with Crippen molar-refractivity contribution in [3.8, 4) is 0 Å². The van der Waals surface area contributed by atoms with Gasteiger partial charge in [-0.15, -0.1) is 0 Å². The fourth-order valence-electron chi connectivity index (χ4n) is 4.39. The van der Waals surface area contributed by atoms with Crippen molar-refractivity contribution in [2.75, 3.05) is 13.2 Å². The number of carbonyl (C=O) groups is 6. The Labute approximate surface area is 324 Å². The number of rotatable bonds is 14. The molecule has 4 rings (SSSR count). The maximum Gasteiger partial charge on any atom is 0.408 e. The number of carbonyl (C=O) groups excluding carboxylic acids is 5. The molecule has 0 aromatic heterocycles. The molecular formula is C37H26F10N2O10. The molecule has 2 amide bonds. The fourth-order valence-corrected chi connectivity index (χ4v) is 4.39. The highest BCUT2D eigenvalue weighted by molar-refractivity contribution is 5.94. The molecule has 0 saturated heterocycles. The summed E-state index contributed by atoms with van der Waals surface area (Å²) in [7, 11) is 0. The van der Waals surface area contributed by atoms with Crippen LogP contribution in [-0.4, -0.2) is 66.1 Å². The van der Waals surface area contributed by atoms with Gasteiger partial charge >= 0.3 is 24.0 Å². The number of hydrogen-bond acceptors (Lipinski definition) is 9. The lowest BCUT2D eigenvalue weighted by molar-refractivity contribution is -0.141. The molecule has 0 heterocycles. The number of ketones is 1. The molecule has 0 unspecified atom stereocenters. The highest BCUT2D eigenvalue weighted by atomic mass is 19.2. The zero-order chi connectivity index (χ0) is 44.1. The van der Waals surface area contributed by atoms with Gasteiger partial charge in [-0.25, -0.2) is 58.3 Å². The van der Waals surface area contributed by atoms with Crippen LogP contribution in [0.2, 0.25) is 0 Å². The molecule has 12 nitrogen and oxygen atoms in total. The lowest BCUT2D eigenvalue weighted by atomic mass is 10.1. The van der Waals surface area contributed by atoms with Crippen LogP contribution in [0, 0.1) is 58.2 Å². The first-order chi connectivity index (χ1) is 27.8. The summed E-state index contributed by atoms with van der Waals surface area (Å²) in [5.41, 5.74) is -2.46. The topological polar surface area (TPSA) is 174 Å². The Kier molecular flexibility index (Phi) is 16.5. The number of alkyl carbamates (subject to hydrolysis) is 1. The van der Waals surface area contributed by atoms with Crippen molar-refractivity contribution in [1.29, 1.82) is 0 Å². The average molecular weight is 849 g/mol. The number of aliphatic carboxylic acids is 1. The number of carboxylic acids is 1. The number of benzene rings is 4. The molecule has 2 atom stereocenters. The Hall–Kier alpha value is -7.00. The van der Waals surface area contributed by atoms with E-state index >= 15 is 0 Å². The van der Waals surface area contributed by atoms with E-state index in [2.05, 4.69) is 20.1 Å². The SMILES string of the molecule is C[C@H](NC(=O)[C@H](Cc1ccccc1)NC(=O)OCc1ccccc1)C(=O)O.O=C(COC(=O)c1c(F)c(F)c(F)c(F)c1F)COC(=O)c1c(F)c(F)c(F)c(F)c1F. The van der Waals surface area contributed by atoms with Crippen LogP contribution in [0.15, 0.2) is 60.7 Å². The van der Waals surface area contributed by atoms with Gasteiger partial charge in [-0.05, 0) is 18.1 Å². The average Bonchev–Trinajstić information content (AvgIpc) is 3.22. The van der Waals surface area contributed by atoms with Crippen LogP contribution in [0.1, 0.15) is 38.8 Å². The third-order valence-corrected chi connectivity index (χ3v) is 7.39. The first kappa shape index (κ1) is 46.4. The maximum absolute atomic E-state index is 13.5. The van der Waals surface area contributed by atoms with Crippen molar-refractivity contribution < 1.29 is 92.0 Å². The van der Waals surface area contributed by atoms with Crippen LogP contribution in [0.3, 0.4) is 0 Å². The molecular weight excluding hydrogens is 822 g/mol. The van der Waals surface area contributed by atoms with E-state index in [0.29, 0.717) is 0 Å². The predicted molar refractivity (Wildman–Crippen MR) is 177 cm³/mol. The number of carboxylic acid groups (broad SMARTS) is 1. The molecule has 4 aromatic rings. The minimum atomic E-state index is -2.58.